The molecule has 0 spiro atoms. The number of fused-ring (bicyclic) bond motifs is 2. The van der Waals surface area contributed by atoms with Crippen molar-refractivity contribution >= 4 is 16.9 Å². The summed E-state index contributed by atoms with van der Waals surface area (Å²) in [5.74, 6) is 2.06. The molecular formula is C25H30N2O5. The average molecular weight is 439 g/mol. The first-order chi connectivity index (χ1) is 15.5. The molecule has 0 fully saturated rings. The van der Waals surface area contributed by atoms with Crippen molar-refractivity contribution in [1.29, 1.82) is 0 Å². The zero-order valence-electron chi connectivity index (χ0n) is 19.1. The lowest BCUT2D eigenvalue weighted by Gasteiger charge is -2.20. The van der Waals surface area contributed by atoms with Crippen LogP contribution in [0.15, 0.2) is 41.0 Å². The van der Waals surface area contributed by atoms with E-state index >= 15 is 0 Å². The van der Waals surface area contributed by atoms with Crippen molar-refractivity contribution in [2.75, 3.05) is 48.0 Å². The Hall–Kier alpha value is -3.19. The highest BCUT2D eigenvalue weighted by molar-refractivity contribution is 5.99. The summed E-state index contributed by atoms with van der Waals surface area (Å²) in [6.07, 6.45) is 3.62. The Morgan fingerprint density at radius 2 is 1.78 bits per heavy atom. The number of rotatable bonds is 10. The molecule has 170 valence electrons. The summed E-state index contributed by atoms with van der Waals surface area (Å²) in [7, 11) is 6.96. The number of hydrogen-bond donors (Lipinski definition) is 0. The minimum absolute atomic E-state index is 0.0578. The summed E-state index contributed by atoms with van der Waals surface area (Å²) in [5.41, 5.74) is 3.67. The third-order valence-corrected chi connectivity index (χ3v) is 6.08. The van der Waals surface area contributed by atoms with Crippen molar-refractivity contribution in [2.45, 2.75) is 19.4 Å². The van der Waals surface area contributed by atoms with Gasteiger partial charge in [0.1, 0.15) is 0 Å². The summed E-state index contributed by atoms with van der Waals surface area (Å²) < 4.78 is 21.8. The van der Waals surface area contributed by atoms with Gasteiger partial charge in [-0.1, -0.05) is 12.1 Å². The van der Waals surface area contributed by atoms with Crippen LogP contribution in [-0.4, -0.2) is 63.7 Å². The SMILES string of the molecule is COc1cc2c(cc1OC)C(=O)N(CCCN(C)CCc1coc3c(OC)cccc13)C2. The Bertz CT molecular complexity index is 1110. The quantitative estimate of drug-likeness (QED) is 0.477. The number of para-hydroxylation sites is 1. The third-order valence-electron chi connectivity index (χ3n) is 6.08. The molecule has 1 amide bonds. The van der Waals surface area contributed by atoms with Crippen LogP contribution < -0.4 is 14.2 Å². The van der Waals surface area contributed by atoms with Crippen LogP contribution in [0.5, 0.6) is 17.2 Å². The molecule has 0 unspecified atom stereocenters. The van der Waals surface area contributed by atoms with E-state index in [1.165, 1.54) is 5.56 Å². The molecule has 0 saturated carbocycles. The van der Waals surface area contributed by atoms with E-state index in [1.54, 1.807) is 27.4 Å². The number of ether oxygens (including phenoxy) is 3. The second kappa shape index (κ2) is 9.53. The van der Waals surface area contributed by atoms with Gasteiger partial charge in [0.05, 0.1) is 27.6 Å². The Kier molecular flexibility index (Phi) is 6.55. The van der Waals surface area contributed by atoms with Crippen molar-refractivity contribution in [3.05, 3.63) is 53.3 Å². The number of carbonyl (C=O) groups is 1. The van der Waals surface area contributed by atoms with E-state index in [1.807, 2.05) is 29.4 Å². The van der Waals surface area contributed by atoms with Crippen molar-refractivity contribution in [3.63, 3.8) is 0 Å². The molecule has 4 rings (SSSR count). The van der Waals surface area contributed by atoms with Crippen LogP contribution in [-0.2, 0) is 13.0 Å². The van der Waals surface area contributed by atoms with E-state index in [2.05, 4.69) is 18.0 Å². The maximum atomic E-state index is 12.8. The zero-order valence-corrected chi connectivity index (χ0v) is 19.1. The number of nitrogens with zero attached hydrogens (tertiary/aromatic N) is 2. The number of likely N-dealkylation sites (N-methyl/N-ethyl adjacent to an activating group) is 1. The van der Waals surface area contributed by atoms with Gasteiger partial charge in [-0.2, -0.15) is 0 Å². The minimum atomic E-state index is 0.0578. The molecule has 7 nitrogen and oxygen atoms in total. The second-order valence-corrected chi connectivity index (χ2v) is 8.10. The molecule has 2 aromatic carbocycles. The molecule has 1 aromatic heterocycles. The van der Waals surface area contributed by atoms with E-state index in [0.717, 1.165) is 48.2 Å². The van der Waals surface area contributed by atoms with E-state index in [9.17, 15) is 4.79 Å². The molecule has 1 aliphatic heterocycles. The average Bonchev–Trinajstić information content (AvgIpc) is 3.37. The number of benzene rings is 2. The smallest absolute Gasteiger partial charge is 0.254 e. The van der Waals surface area contributed by atoms with Crippen LogP contribution in [0.4, 0.5) is 0 Å². The largest absolute Gasteiger partial charge is 0.493 e. The highest BCUT2D eigenvalue weighted by atomic mass is 16.5. The third kappa shape index (κ3) is 4.25. The molecule has 7 heteroatoms. The molecule has 2 heterocycles. The number of amides is 1. The fraction of sp³-hybridized carbons (Fsp3) is 0.400. The normalized spacial score (nSPS) is 13.2. The summed E-state index contributed by atoms with van der Waals surface area (Å²) >= 11 is 0. The zero-order chi connectivity index (χ0) is 22.7. The Labute approximate surface area is 188 Å². The highest BCUT2D eigenvalue weighted by Gasteiger charge is 2.29. The summed E-state index contributed by atoms with van der Waals surface area (Å²) in [6, 6.07) is 9.65. The fourth-order valence-electron chi connectivity index (χ4n) is 4.27. The highest BCUT2D eigenvalue weighted by Crippen LogP contribution is 2.35. The lowest BCUT2D eigenvalue weighted by Crippen LogP contribution is -2.29. The van der Waals surface area contributed by atoms with Gasteiger partial charge in [0, 0.05) is 30.6 Å². The summed E-state index contributed by atoms with van der Waals surface area (Å²) in [6.45, 7) is 3.15. The van der Waals surface area contributed by atoms with E-state index < -0.39 is 0 Å². The lowest BCUT2D eigenvalue weighted by atomic mass is 10.1. The van der Waals surface area contributed by atoms with Gasteiger partial charge in [0.25, 0.3) is 5.91 Å². The van der Waals surface area contributed by atoms with E-state index in [-0.39, 0.29) is 5.91 Å². The van der Waals surface area contributed by atoms with Crippen LogP contribution in [0.2, 0.25) is 0 Å². The fourth-order valence-corrected chi connectivity index (χ4v) is 4.27. The van der Waals surface area contributed by atoms with Crippen molar-refractivity contribution < 1.29 is 23.4 Å². The maximum Gasteiger partial charge on any atom is 0.254 e. The van der Waals surface area contributed by atoms with Gasteiger partial charge in [-0.3, -0.25) is 4.79 Å². The predicted octanol–water partition coefficient (Wildman–Crippen LogP) is 3.98. The molecule has 32 heavy (non-hydrogen) atoms. The lowest BCUT2D eigenvalue weighted by molar-refractivity contribution is 0.0772. The number of methoxy groups -OCH3 is 3. The first kappa shape index (κ1) is 22.0. The maximum absolute atomic E-state index is 12.8. The number of hydrogen-bond acceptors (Lipinski definition) is 6. The van der Waals surface area contributed by atoms with Gasteiger partial charge < -0.3 is 28.4 Å². The predicted molar refractivity (Wildman–Crippen MR) is 123 cm³/mol. The summed E-state index contributed by atoms with van der Waals surface area (Å²) in [5, 5.41) is 1.10. The number of carbonyl (C=O) groups excluding carboxylic acids is 1. The van der Waals surface area contributed by atoms with Gasteiger partial charge in [-0.05, 0) is 55.8 Å². The molecule has 0 atom stereocenters. The Morgan fingerprint density at radius 3 is 2.53 bits per heavy atom. The van der Waals surface area contributed by atoms with E-state index in [0.29, 0.717) is 30.2 Å². The van der Waals surface area contributed by atoms with Crippen LogP contribution in [0.3, 0.4) is 0 Å². The van der Waals surface area contributed by atoms with Gasteiger partial charge in [-0.25, -0.2) is 0 Å². The standard InChI is InChI=1S/C25H30N2O5/c1-26(12-9-17-16-32-24-19(17)7-5-8-21(24)29-2)10-6-11-27-15-18-13-22(30-3)23(31-4)14-20(18)25(27)28/h5,7-8,13-14,16H,6,9-12,15H2,1-4H3. The van der Waals surface area contributed by atoms with Crippen molar-refractivity contribution in [1.82, 2.24) is 9.80 Å². The Morgan fingerprint density at radius 1 is 1.03 bits per heavy atom. The molecular weight excluding hydrogens is 408 g/mol. The molecule has 0 N–H and O–H groups in total. The van der Waals surface area contributed by atoms with Gasteiger partial charge in [-0.15, -0.1) is 0 Å². The van der Waals surface area contributed by atoms with Crippen LogP contribution in [0.25, 0.3) is 11.0 Å². The Balaban J connectivity index is 1.28. The molecule has 0 aliphatic carbocycles. The second-order valence-electron chi connectivity index (χ2n) is 8.10. The first-order valence-electron chi connectivity index (χ1n) is 10.8. The minimum Gasteiger partial charge on any atom is -0.493 e. The van der Waals surface area contributed by atoms with Gasteiger partial charge in [0.15, 0.2) is 22.8 Å². The van der Waals surface area contributed by atoms with E-state index in [4.69, 9.17) is 18.6 Å². The van der Waals surface area contributed by atoms with Crippen LogP contribution in [0.1, 0.15) is 27.9 Å². The van der Waals surface area contributed by atoms with Crippen molar-refractivity contribution in [2.24, 2.45) is 0 Å². The molecule has 3 aromatic rings. The molecule has 1 aliphatic rings. The topological polar surface area (TPSA) is 64.4 Å². The van der Waals surface area contributed by atoms with Gasteiger partial charge in [0.2, 0.25) is 0 Å². The molecule has 0 saturated heterocycles. The molecule has 0 radical (unpaired) electrons. The van der Waals surface area contributed by atoms with Gasteiger partial charge >= 0.3 is 0 Å². The number of furan rings is 1. The van der Waals surface area contributed by atoms with Crippen LogP contribution in [0, 0.1) is 0 Å². The van der Waals surface area contributed by atoms with Crippen molar-refractivity contribution in [3.8, 4) is 17.2 Å². The monoisotopic (exact) mass is 438 g/mol. The first-order valence-corrected chi connectivity index (χ1v) is 10.8. The van der Waals surface area contributed by atoms with Crippen LogP contribution >= 0.6 is 0 Å². The molecule has 0 bridgehead atoms. The summed E-state index contributed by atoms with van der Waals surface area (Å²) in [4.78, 5) is 17.0.